The van der Waals surface area contributed by atoms with Crippen molar-refractivity contribution in [2.75, 3.05) is 0 Å². The lowest BCUT2D eigenvalue weighted by Gasteiger charge is -2.23. The van der Waals surface area contributed by atoms with Gasteiger partial charge in [0.25, 0.3) is 0 Å². The summed E-state index contributed by atoms with van der Waals surface area (Å²) in [5.74, 6) is 0. The van der Waals surface area contributed by atoms with Gasteiger partial charge in [0.2, 0.25) is 0 Å². The molecule has 154 valence electrons. The standard InChI is InChI=1S/C31H30/c1-19-11-7-8-12-23(19)25-15-21(3)26(16-20(25)2)27-18-28-24-13-9-10-14-29(24)31(5,6)30(28)17-22(27)4/h7-18H,1-6H3. The van der Waals surface area contributed by atoms with E-state index in [-0.39, 0.29) is 5.41 Å². The number of hydrogen-bond donors (Lipinski definition) is 0. The van der Waals surface area contributed by atoms with Crippen molar-refractivity contribution >= 4 is 0 Å². The van der Waals surface area contributed by atoms with Crippen LogP contribution < -0.4 is 0 Å². The van der Waals surface area contributed by atoms with Gasteiger partial charge in [0.1, 0.15) is 0 Å². The first-order chi connectivity index (χ1) is 14.8. The van der Waals surface area contributed by atoms with Crippen LogP contribution in [0.25, 0.3) is 33.4 Å². The average Bonchev–Trinajstić information content (AvgIpc) is 2.96. The van der Waals surface area contributed by atoms with E-state index in [9.17, 15) is 0 Å². The molecule has 0 N–H and O–H groups in total. The van der Waals surface area contributed by atoms with Crippen LogP contribution in [0.3, 0.4) is 0 Å². The van der Waals surface area contributed by atoms with Gasteiger partial charge >= 0.3 is 0 Å². The second-order valence-corrected chi connectivity index (χ2v) is 9.68. The molecule has 5 rings (SSSR count). The summed E-state index contributed by atoms with van der Waals surface area (Å²) in [6.07, 6.45) is 0. The molecule has 0 unspecified atom stereocenters. The zero-order chi connectivity index (χ0) is 21.9. The Bertz CT molecular complexity index is 1330. The average molecular weight is 403 g/mol. The topological polar surface area (TPSA) is 0 Å². The Balaban J connectivity index is 1.70. The zero-order valence-electron chi connectivity index (χ0n) is 19.4. The molecule has 0 heterocycles. The van der Waals surface area contributed by atoms with Crippen molar-refractivity contribution < 1.29 is 0 Å². The molecule has 1 aliphatic carbocycles. The summed E-state index contributed by atoms with van der Waals surface area (Å²) >= 11 is 0. The van der Waals surface area contributed by atoms with Crippen molar-refractivity contribution in [3.8, 4) is 33.4 Å². The van der Waals surface area contributed by atoms with Gasteiger partial charge in [0.05, 0.1) is 0 Å². The van der Waals surface area contributed by atoms with Crippen LogP contribution in [-0.4, -0.2) is 0 Å². The molecule has 0 atom stereocenters. The van der Waals surface area contributed by atoms with Gasteiger partial charge in [-0.25, -0.2) is 0 Å². The van der Waals surface area contributed by atoms with Crippen molar-refractivity contribution in [2.24, 2.45) is 0 Å². The summed E-state index contributed by atoms with van der Waals surface area (Å²) in [5.41, 5.74) is 16.4. The van der Waals surface area contributed by atoms with Crippen molar-refractivity contribution in [3.05, 3.63) is 106 Å². The largest absolute Gasteiger partial charge is 0.0620 e. The van der Waals surface area contributed by atoms with Crippen LogP contribution in [-0.2, 0) is 5.41 Å². The third kappa shape index (κ3) is 2.97. The molecule has 0 saturated carbocycles. The van der Waals surface area contributed by atoms with Gasteiger partial charge in [-0.3, -0.25) is 0 Å². The third-order valence-electron chi connectivity index (χ3n) is 7.23. The third-order valence-corrected chi connectivity index (χ3v) is 7.23. The van der Waals surface area contributed by atoms with Gasteiger partial charge < -0.3 is 0 Å². The molecule has 0 amide bonds. The Morgan fingerprint density at radius 1 is 0.419 bits per heavy atom. The highest BCUT2D eigenvalue weighted by Gasteiger charge is 2.35. The van der Waals surface area contributed by atoms with E-state index in [1.807, 2.05) is 0 Å². The van der Waals surface area contributed by atoms with Crippen LogP contribution >= 0.6 is 0 Å². The fourth-order valence-electron chi connectivity index (χ4n) is 5.42. The molecule has 4 aromatic rings. The first-order valence-corrected chi connectivity index (χ1v) is 11.2. The highest BCUT2D eigenvalue weighted by molar-refractivity contribution is 5.87. The van der Waals surface area contributed by atoms with E-state index in [1.165, 1.54) is 66.8 Å². The molecule has 0 aliphatic heterocycles. The van der Waals surface area contributed by atoms with Crippen molar-refractivity contribution in [2.45, 2.75) is 47.0 Å². The Hall–Kier alpha value is -3.12. The minimum absolute atomic E-state index is 0.0505. The lowest BCUT2D eigenvalue weighted by atomic mass is 9.81. The minimum atomic E-state index is 0.0505. The van der Waals surface area contributed by atoms with Crippen LogP contribution in [0, 0.1) is 27.7 Å². The molecule has 0 radical (unpaired) electrons. The van der Waals surface area contributed by atoms with Crippen LogP contribution in [0.15, 0.2) is 72.8 Å². The van der Waals surface area contributed by atoms with Gasteiger partial charge in [-0.15, -0.1) is 0 Å². The summed E-state index contributed by atoms with van der Waals surface area (Å²) in [4.78, 5) is 0. The summed E-state index contributed by atoms with van der Waals surface area (Å²) < 4.78 is 0. The first kappa shape index (κ1) is 19.8. The fourth-order valence-corrected chi connectivity index (χ4v) is 5.42. The van der Waals surface area contributed by atoms with Gasteiger partial charge in [0.15, 0.2) is 0 Å². The van der Waals surface area contributed by atoms with E-state index < -0.39 is 0 Å². The highest BCUT2D eigenvalue weighted by Crippen LogP contribution is 2.50. The number of aryl methyl sites for hydroxylation is 4. The Morgan fingerprint density at radius 3 is 1.61 bits per heavy atom. The second-order valence-electron chi connectivity index (χ2n) is 9.68. The van der Waals surface area contributed by atoms with Crippen LogP contribution in [0.4, 0.5) is 0 Å². The molecule has 31 heavy (non-hydrogen) atoms. The monoisotopic (exact) mass is 402 g/mol. The summed E-state index contributed by atoms with van der Waals surface area (Å²) in [6, 6.07) is 27.2. The minimum Gasteiger partial charge on any atom is -0.0620 e. The molecule has 4 aromatic carbocycles. The normalized spacial score (nSPS) is 13.7. The van der Waals surface area contributed by atoms with Crippen molar-refractivity contribution in [1.29, 1.82) is 0 Å². The van der Waals surface area contributed by atoms with E-state index in [2.05, 4.69) is 114 Å². The number of fused-ring (bicyclic) bond motifs is 3. The number of benzene rings is 4. The number of hydrogen-bond acceptors (Lipinski definition) is 0. The maximum atomic E-state index is 2.44. The van der Waals surface area contributed by atoms with Crippen molar-refractivity contribution in [1.82, 2.24) is 0 Å². The highest BCUT2D eigenvalue weighted by atomic mass is 14.4. The molecule has 0 bridgehead atoms. The Labute approximate surface area is 186 Å². The van der Waals surface area contributed by atoms with Gasteiger partial charge in [0, 0.05) is 5.41 Å². The van der Waals surface area contributed by atoms with Gasteiger partial charge in [-0.1, -0.05) is 80.6 Å². The molecule has 0 saturated heterocycles. The smallest absolute Gasteiger partial charge is 0.0158 e. The lowest BCUT2D eigenvalue weighted by molar-refractivity contribution is 0.660. The van der Waals surface area contributed by atoms with E-state index in [0.29, 0.717) is 0 Å². The van der Waals surface area contributed by atoms with Gasteiger partial charge in [-0.2, -0.15) is 0 Å². The predicted octanol–water partition coefficient (Wildman–Crippen LogP) is 8.56. The molecule has 0 nitrogen and oxygen atoms in total. The predicted molar refractivity (Wildman–Crippen MR) is 134 cm³/mol. The molecular formula is C31H30. The van der Waals surface area contributed by atoms with Crippen LogP contribution in [0.5, 0.6) is 0 Å². The SMILES string of the molecule is Cc1ccccc1-c1cc(C)c(-c2cc3c(cc2C)C(C)(C)c2ccccc2-3)cc1C. The molecular weight excluding hydrogens is 372 g/mol. The van der Waals surface area contributed by atoms with Gasteiger partial charge in [-0.05, 0) is 101 Å². The first-order valence-electron chi connectivity index (χ1n) is 11.2. The lowest BCUT2D eigenvalue weighted by Crippen LogP contribution is -2.15. The quantitative estimate of drug-likeness (QED) is 0.315. The van der Waals surface area contributed by atoms with E-state index >= 15 is 0 Å². The van der Waals surface area contributed by atoms with E-state index in [0.717, 1.165) is 0 Å². The van der Waals surface area contributed by atoms with E-state index in [1.54, 1.807) is 0 Å². The second kappa shape index (κ2) is 6.95. The molecule has 0 spiro atoms. The number of rotatable bonds is 2. The van der Waals surface area contributed by atoms with Crippen LogP contribution in [0.2, 0.25) is 0 Å². The Morgan fingerprint density at radius 2 is 0.935 bits per heavy atom. The molecule has 0 aromatic heterocycles. The van der Waals surface area contributed by atoms with Crippen molar-refractivity contribution in [3.63, 3.8) is 0 Å². The van der Waals surface area contributed by atoms with Crippen LogP contribution in [0.1, 0.15) is 47.2 Å². The summed E-state index contributed by atoms with van der Waals surface area (Å²) in [5, 5.41) is 0. The fraction of sp³-hybridized carbons (Fsp3) is 0.226. The summed E-state index contributed by atoms with van der Waals surface area (Å²) in [6.45, 7) is 13.7. The van der Waals surface area contributed by atoms with E-state index in [4.69, 9.17) is 0 Å². The molecule has 1 aliphatic rings. The molecule has 0 heteroatoms. The summed E-state index contributed by atoms with van der Waals surface area (Å²) in [7, 11) is 0. The Kier molecular flexibility index (Phi) is 4.45. The molecule has 0 fully saturated rings. The maximum absolute atomic E-state index is 2.44. The zero-order valence-corrected chi connectivity index (χ0v) is 19.4. The maximum Gasteiger partial charge on any atom is 0.0158 e.